The Labute approximate surface area is 209 Å². The Hall–Kier alpha value is -2.05. The second kappa shape index (κ2) is 10.7. The monoisotopic (exact) mass is 493 g/mol. The lowest BCUT2D eigenvalue weighted by atomic mass is 10.0. The molecule has 3 rings (SSSR count). The average Bonchev–Trinajstić information content (AvgIpc) is 2.81. The largest absolute Gasteiger partial charge is 0.403 e. The fourth-order valence-electron chi connectivity index (χ4n) is 4.43. The zero-order valence-electron chi connectivity index (χ0n) is 21.5. The second-order valence-electron chi connectivity index (χ2n) is 10.9. The lowest BCUT2D eigenvalue weighted by molar-refractivity contribution is 0.170. The van der Waals surface area contributed by atoms with Gasteiger partial charge in [0.2, 0.25) is 0 Å². The Kier molecular flexibility index (Phi) is 8.35. The molecule has 0 fully saturated rings. The van der Waals surface area contributed by atoms with E-state index in [0.29, 0.717) is 0 Å². The van der Waals surface area contributed by atoms with Crippen LogP contribution in [0.2, 0.25) is 5.04 Å². The molecule has 5 heteroatoms. The van der Waals surface area contributed by atoms with Gasteiger partial charge in [-0.3, -0.25) is 0 Å². The summed E-state index contributed by atoms with van der Waals surface area (Å²) < 4.78 is 23.6. The Morgan fingerprint density at radius 2 is 1.15 bits per heavy atom. The zero-order chi connectivity index (χ0) is 25.0. The van der Waals surface area contributed by atoms with Gasteiger partial charge >= 0.3 is 0 Å². The average molecular weight is 494 g/mol. The molecule has 0 spiro atoms. The predicted molar refractivity (Wildman–Crippen MR) is 148 cm³/mol. The topological polar surface area (TPSA) is 38.3 Å². The van der Waals surface area contributed by atoms with Crippen molar-refractivity contribution in [3.63, 3.8) is 0 Å². The lowest BCUT2D eigenvalue weighted by Gasteiger charge is -2.46. The summed E-state index contributed by atoms with van der Waals surface area (Å²) in [5.74, 6) is 0. The highest BCUT2D eigenvalue weighted by atomic mass is 32.2. The molecular formula is C29H39NO2SSi. The molecule has 0 saturated carbocycles. The SMILES string of the molecule is C[C@H](O[Si](c1ccccc1)(c1ccccc1)C(C)(C)C)[C@H](N[S@](=O)C(C)(C)C)c1ccccc1. The second-order valence-corrected chi connectivity index (χ2v) is 17.1. The number of nitrogens with one attached hydrogen (secondary N) is 1. The molecule has 1 N–H and O–H groups in total. The van der Waals surface area contributed by atoms with Crippen molar-refractivity contribution in [3.8, 4) is 0 Å². The molecule has 0 aliphatic rings. The first-order chi connectivity index (χ1) is 16.0. The zero-order valence-corrected chi connectivity index (χ0v) is 23.4. The van der Waals surface area contributed by atoms with Gasteiger partial charge in [-0.15, -0.1) is 0 Å². The standard InChI is InChI=1S/C29H39NO2SSi/c1-23(27(24-17-11-8-12-18-24)30-33(31)28(2,3)4)32-34(29(5,6)7,25-19-13-9-14-20-25)26-21-15-10-16-22-26/h8-23,27,30H,1-7H3/t23-,27-,33+/m0/s1. The van der Waals surface area contributed by atoms with Gasteiger partial charge in [0.25, 0.3) is 8.32 Å². The maximum absolute atomic E-state index is 13.2. The minimum absolute atomic E-state index is 0.131. The van der Waals surface area contributed by atoms with E-state index in [1.165, 1.54) is 10.4 Å². The van der Waals surface area contributed by atoms with Crippen molar-refractivity contribution in [1.82, 2.24) is 4.72 Å². The summed E-state index contributed by atoms with van der Waals surface area (Å²) in [6, 6.07) is 31.3. The van der Waals surface area contributed by atoms with E-state index in [0.717, 1.165) is 5.56 Å². The molecule has 3 aromatic carbocycles. The molecule has 34 heavy (non-hydrogen) atoms. The van der Waals surface area contributed by atoms with Gasteiger partial charge < -0.3 is 4.43 Å². The summed E-state index contributed by atoms with van der Waals surface area (Å²) in [5, 5.41) is 2.35. The summed E-state index contributed by atoms with van der Waals surface area (Å²) in [7, 11) is -3.99. The van der Waals surface area contributed by atoms with Gasteiger partial charge in [-0.25, -0.2) is 8.93 Å². The van der Waals surface area contributed by atoms with E-state index in [2.05, 4.69) is 105 Å². The van der Waals surface area contributed by atoms with Crippen LogP contribution < -0.4 is 15.1 Å². The highest BCUT2D eigenvalue weighted by molar-refractivity contribution is 7.84. The van der Waals surface area contributed by atoms with Crippen LogP contribution in [0, 0.1) is 0 Å². The molecule has 0 unspecified atom stereocenters. The molecule has 0 heterocycles. The summed E-state index contributed by atoms with van der Waals surface area (Å²) in [6.45, 7) is 14.9. The Morgan fingerprint density at radius 3 is 1.53 bits per heavy atom. The van der Waals surface area contributed by atoms with Crippen molar-refractivity contribution >= 4 is 29.7 Å². The maximum Gasteiger partial charge on any atom is 0.261 e. The van der Waals surface area contributed by atoms with Gasteiger partial charge in [0, 0.05) is 0 Å². The Bertz CT molecular complexity index is 1020. The van der Waals surface area contributed by atoms with Crippen LogP contribution in [0.4, 0.5) is 0 Å². The van der Waals surface area contributed by atoms with Crippen LogP contribution in [0.3, 0.4) is 0 Å². The molecule has 0 saturated heterocycles. The molecule has 3 aromatic rings. The molecule has 3 atom stereocenters. The highest BCUT2D eigenvalue weighted by Gasteiger charge is 2.51. The van der Waals surface area contributed by atoms with E-state index >= 15 is 0 Å². The molecular weight excluding hydrogens is 454 g/mol. The van der Waals surface area contributed by atoms with E-state index < -0.39 is 19.3 Å². The maximum atomic E-state index is 13.2. The molecule has 3 nitrogen and oxygen atoms in total. The number of benzene rings is 3. The van der Waals surface area contributed by atoms with Crippen molar-refractivity contribution in [3.05, 3.63) is 96.6 Å². The van der Waals surface area contributed by atoms with Crippen LogP contribution >= 0.6 is 0 Å². The summed E-state index contributed by atoms with van der Waals surface area (Å²) in [5.41, 5.74) is 1.07. The van der Waals surface area contributed by atoms with Crippen molar-refractivity contribution in [2.75, 3.05) is 0 Å². The minimum atomic E-state index is -2.74. The van der Waals surface area contributed by atoms with E-state index in [1.54, 1.807) is 0 Å². The molecule has 0 radical (unpaired) electrons. The lowest BCUT2D eigenvalue weighted by Crippen LogP contribution is -2.68. The van der Waals surface area contributed by atoms with E-state index in [4.69, 9.17) is 4.43 Å². The van der Waals surface area contributed by atoms with E-state index in [1.807, 2.05) is 39.0 Å². The minimum Gasteiger partial charge on any atom is -0.403 e. The number of rotatable bonds is 8. The molecule has 182 valence electrons. The smallest absolute Gasteiger partial charge is 0.261 e. The summed E-state index contributed by atoms with van der Waals surface area (Å²) >= 11 is 0. The number of hydrogen-bond donors (Lipinski definition) is 1. The molecule has 0 aliphatic heterocycles. The first kappa shape index (κ1) is 26.5. The molecule has 0 bridgehead atoms. The van der Waals surface area contributed by atoms with Gasteiger partial charge in [-0.1, -0.05) is 112 Å². The van der Waals surface area contributed by atoms with Crippen LogP contribution in [0.5, 0.6) is 0 Å². The van der Waals surface area contributed by atoms with Gasteiger partial charge in [-0.2, -0.15) is 0 Å². The van der Waals surface area contributed by atoms with Crippen molar-refractivity contribution < 1.29 is 8.63 Å². The van der Waals surface area contributed by atoms with Crippen LogP contribution in [0.25, 0.3) is 0 Å². The molecule has 0 aliphatic carbocycles. The van der Waals surface area contributed by atoms with Gasteiger partial charge in [0.05, 0.1) is 27.9 Å². The van der Waals surface area contributed by atoms with Crippen LogP contribution in [0.1, 0.15) is 60.1 Å². The summed E-state index contributed by atoms with van der Waals surface area (Å²) in [4.78, 5) is 0. The Balaban J connectivity index is 2.14. The highest BCUT2D eigenvalue weighted by Crippen LogP contribution is 2.39. The third-order valence-electron chi connectivity index (χ3n) is 6.20. The van der Waals surface area contributed by atoms with Gasteiger partial charge in [0.1, 0.15) is 0 Å². The van der Waals surface area contributed by atoms with Crippen molar-refractivity contribution in [1.29, 1.82) is 0 Å². The van der Waals surface area contributed by atoms with Crippen LogP contribution in [-0.4, -0.2) is 23.4 Å². The van der Waals surface area contributed by atoms with Gasteiger partial charge in [0.15, 0.2) is 0 Å². The van der Waals surface area contributed by atoms with Crippen LogP contribution in [0.15, 0.2) is 91.0 Å². The van der Waals surface area contributed by atoms with Gasteiger partial charge in [-0.05, 0) is 48.7 Å². The Morgan fingerprint density at radius 1 is 0.735 bits per heavy atom. The predicted octanol–water partition coefficient (Wildman–Crippen LogP) is 5.74. The molecule has 0 aromatic heterocycles. The first-order valence-electron chi connectivity index (χ1n) is 12.0. The van der Waals surface area contributed by atoms with Crippen molar-refractivity contribution in [2.45, 2.75) is 70.4 Å². The fraction of sp³-hybridized carbons (Fsp3) is 0.379. The molecule has 0 amide bonds. The quantitative estimate of drug-likeness (QED) is 0.406. The van der Waals surface area contributed by atoms with E-state index in [9.17, 15) is 4.21 Å². The summed E-state index contributed by atoms with van der Waals surface area (Å²) in [6.07, 6.45) is -0.222. The normalized spacial score (nSPS) is 15.5. The van der Waals surface area contributed by atoms with E-state index in [-0.39, 0.29) is 21.9 Å². The first-order valence-corrected chi connectivity index (χ1v) is 15.0. The van der Waals surface area contributed by atoms with Crippen LogP contribution in [-0.2, 0) is 15.4 Å². The third kappa shape index (κ3) is 5.77. The third-order valence-corrected chi connectivity index (χ3v) is 12.9. The van der Waals surface area contributed by atoms with Crippen molar-refractivity contribution in [2.24, 2.45) is 0 Å². The number of hydrogen-bond acceptors (Lipinski definition) is 2. The fourth-order valence-corrected chi connectivity index (χ4v) is 10.0.